The van der Waals surface area contributed by atoms with Gasteiger partial charge in [0.1, 0.15) is 0 Å². The first kappa shape index (κ1) is 23.3. The molecule has 4 aromatic rings. The Bertz CT molecular complexity index is 1440. The molecule has 3 aromatic heterocycles. The topological polar surface area (TPSA) is 120 Å². The number of hydrogen-bond donors (Lipinski definition) is 4. The van der Waals surface area contributed by atoms with Crippen molar-refractivity contribution in [1.82, 2.24) is 19.8 Å². The van der Waals surface area contributed by atoms with Crippen molar-refractivity contribution in [3.8, 4) is 0 Å². The maximum Gasteiger partial charge on any atom is 0.325 e. The lowest BCUT2D eigenvalue weighted by Crippen LogP contribution is -2.48. The largest absolute Gasteiger partial charge is 0.391 e. The van der Waals surface area contributed by atoms with Crippen LogP contribution in [-0.2, 0) is 0 Å². The molecule has 0 bridgehead atoms. The van der Waals surface area contributed by atoms with Crippen molar-refractivity contribution >= 4 is 55.8 Å². The molecule has 4 heterocycles. The molecule has 0 aliphatic carbocycles. The molecule has 0 spiro atoms. The number of pyridine rings is 1. The average molecular weight is 494 g/mol. The standard InChI is InChI=1S/C25H27N5O4S/c1-25(2,34)21-11-16(31)13-30(21)23(32)20-12-18-22(35-20)17(6-8-27-18)28-15-4-5-19-14(10-15)7-9-29(19)24(33)26-3/h4-10,12,16,21,31,34H,11,13H2,1-3H3,(H,26,33)(H,27,28). The Kier molecular flexibility index (Phi) is 5.74. The minimum Gasteiger partial charge on any atom is -0.391 e. The highest BCUT2D eigenvalue weighted by Gasteiger charge is 2.43. The Labute approximate surface area is 206 Å². The smallest absolute Gasteiger partial charge is 0.325 e. The molecule has 0 radical (unpaired) electrons. The monoisotopic (exact) mass is 493 g/mol. The number of aromatic nitrogens is 2. The van der Waals surface area contributed by atoms with Gasteiger partial charge in [-0.2, -0.15) is 0 Å². The van der Waals surface area contributed by atoms with E-state index in [1.54, 1.807) is 48.8 Å². The lowest BCUT2D eigenvalue weighted by Gasteiger charge is -2.33. The molecule has 10 heteroatoms. The molecule has 1 aromatic carbocycles. The zero-order valence-electron chi connectivity index (χ0n) is 19.6. The van der Waals surface area contributed by atoms with Gasteiger partial charge in [0.15, 0.2) is 0 Å². The first-order valence-corrected chi connectivity index (χ1v) is 12.2. The van der Waals surface area contributed by atoms with E-state index in [9.17, 15) is 19.8 Å². The van der Waals surface area contributed by atoms with E-state index in [0.29, 0.717) is 16.8 Å². The van der Waals surface area contributed by atoms with Crippen molar-refractivity contribution in [1.29, 1.82) is 0 Å². The first-order valence-electron chi connectivity index (χ1n) is 11.4. The number of β-amino-alcohol motifs (C(OH)–C–C–N with tert-alkyl or cyclic N) is 1. The van der Waals surface area contributed by atoms with Crippen LogP contribution in [0.4, 0.5) is 16.2 Å². The van der Waals surface area contributed by atoms with Gasteiger partial charge in [-0.05, 0) is 56.7 Å². The van der Waals surface area contributed by atoms with Crippen LogP contribution < -0.4 is 10.6 Å². The minimum absolute atomic E-state index is 0.190. The van der Waals surface area contributed by atoms with Crippen LogP contribution in [0.15, 0.2) is 48.8 Å². The zero-order chi connectivity index (χ0) is 24.9. The number of amides is 2. The molecule has 4 N–H and O–H groups in total. The van der Waals surface area contributed by atoms with E-state index in [0.717, 1.165) is 27.0 Å². The lowest BCUT2D eigenvalue weighted by atomic mass is 9.96. The number of carbonyl (C=O) groups is 2. The Morgan fingerprint density at radius 3 is 2.74 bits per heavy atom. The summed E-state index contributed by atoms with van der Waals surface area (Å²) in [6.45, 7) is 3.50. The Morgan fingerprint density at radius 2 is 2.00 bits per heavy atom. The molecular formula is C25H27N5O4S. The van der Waals surface area contributed by atoms with Gasteiger partial charge in [-0.1, -0.05) is 0 Å². The molecule has 5 rings (SSSR count). The molecule has 1 saturated heterocycles. The number of thiophene rings is 1. The summed E-state index contributed by atoms with van der Waals surface area (Å²) >= 11 is 1.33. The summed E-state index contributed by atoms with van der Waals surface area (Å²) in [5.74, 6) is -0.223. The predicted octanol–water partition coefficient (Wildman–Crippen LogP) is 3.53. The van der Waals surface area contributed by atoms with Crippen molar-refractivity contribution < 1.29 is 19.8 Å². The summed E-state index contributed by atoms with van der Waals surface area (Å²) in [6, 6.07) is 10.6. The van der Waals surface area contributed by atoms with E-state index >= 15 is 0 Å². The summed E-state index contributed by atoms with van der Waals surface area (Å²) in [6.07, 6.45) is 3.10. The van der Waals surface area contributed by atoms with Crippen LogP contribution in [0, 0.1) is 0 Å². The maximum absolute atomic E-state index is 13.3. The number of likely N-dealkylation sites (tertiary alicyclic amines) is 1. The fourth-order valence-corrected chi connectivity index (χ4v) is 5.71. The van der Waals surface area contributed by atoms with Crippen LogP contribution in [0.2, 0.25) is 0 Å². The molecule has 1 aliphatic rings. The number of anilines is 2. The maximum atomic E-state index is 13.3. The van der Waals surface area contributed by atoms with Gasteiger partial charge in [-0.15, -0.1) is 11.3 Å². The van der Waals surface area contributed by atoms with Crippen molar-refractivity contribution in [3.63, 3.8) is 0 Å². The van der Waals surface area contributed by atoms with Gasteiger partial charge in [-0.3, -0.25) is 14.3 Å². The predicted molar refractivity (Wildman–Crippen MR) is 136 cm³/mol. The van der Waals surface area contributed by atoms with Gasteiger partial charge in [0.05, 0.1) is 44.0 Å². The summed E-state index contributed by atoms with van der Waals surface area (Å²) in [7, 11) is 1.59. The van der Waals surface area contributed by atoms with Crippen LogP contribution >= 0.6 is 11.3 Å². The van der Waals surface area contributed by atoms with Gasteiger partial charge < -0.3 is 25.7 Å². The highest BCUT2D eigenvalue weighted by molar-refractivity contribution is 7.21. The summed E-state index contributed by atoms with van der Waals surface area (Å²) < 4.78 is 2.38. The summed E-state index contributed by atoms with van der Waals surface area (Å²) in [4.78, 5) is 31.9. The summed E-state index contributed by atoms with van der Waals surface area (Å²) in [5.41, 5.74) is 2.02. The van der Waals surface area contributed by atoms with Gasteiger partial charge in [0.25, 0.3) is 5.91 Å². The Morgan fingerprint density at radius 1 is 1.20 bits per heavy atom. The quantitative estimate of drug-likeness (QED) is 0.345. The number of nitrogens with zero attached hydrogens (tertiary/aromatic N) is 3. The number of rotatable bonds is 4. The third-order valence-corrected chi connectivity index (χ3v) is 7.53. The number of aliphatic hydroxyl groups excluding tert-OH is 1. The van der Waals surface area contributed by atoms with Crippen molar-refractivity contribution in [2.75, 3.05) is 18.9 Å². The van der Waals surface area contributed by atoms with Gasteiger partial charge in [0, 0.05) is 37.1 Å². The fraction of sp³-hybridized carbons (Fsp3) is 0.320. The second kappa shape index (κ2) is 8.63. The van der Waals surface area contributed by atoms with E-state index in [2.05, 4.69) is 15.6 Å². The second-order valence-electron chi connectivity index (χ2n) is 9.34. The van der Waals surface area contributed by atoms with Crippen molar-refractivity contribution in [3.05, 3.63) is 53.7 Å². The van der Waals surface area contributed by atoms with E-state index in [4.69, 9.17) is 0 Å². The van der Waals surface area contributed by atoms with Gasteiger partial charge >= 0.3 is 6.03 Å². The van der Waals surface area contributed by atoms with E-state index < -0.39 is 17.7 Å². The number of carbonyl (C=O) groups excluding carboxylic acids is 2. The van der Waals surface area contributed by atoms with E-state index in [1.165, 1.54) is 11.3 Å². The Balaban J connectivity index is 1.44. The molecule has 182 valence electrons. The van der Waals surface area contributed by atoms with Gasteiger partial charge in [0.2, 0.25) is 0 Å². The Hall–Kier alpha value is -3.47. The molecule has 1 fully saturated rings. The van der Waals surface area contributed by atoms with Crippen molar-refractivity contribution in [2.24, 2.45) is 0 Å². The van der Waals surface area contributed by atoms with Crippen LogP contribution in [0.5, 0.6) is 0 Å². The highest BCUT2D eigenvalue weighted by Crippen LogP contribution is 2.36. The van der Waals surface area contributed by atoms with Crippen LogP contribution in [-0.4, -0.2) is 67.9 Å². The molecule has 2 unspecified atom stereocenters. The molecule has 2 amide bonds. The van der Waals surface area contributed by atoms with Gasteiger partial charge in [-0.25, -0.2) is 4.79 Å². The lowest BCUT2D eigenvalue weighted by molar-refractivity contribution is 0.000157. The SMILES string of the molecule is CNC(=O)n1ccc2cc(Nc3ccnc4cc(C(=O)N5CC(O)CC5C(C)(C)O)sc34)ccc21. The number of aliphatic hydroxyl groups is 2. The first-order chi connectivity index (χ1) is 16.7. The third-order valence-electron chi connectivity index (χ3n) is 6.38. The molecule has 0 saturated carbocycles. The summed E-state index contributed by atoms with van der Waals surface area (Å²) in [5, 5.41) is 27.6. The number of fused-ring (bicyclic) bond motifs is 2. The van der Waals surface area contributed by atoms with Crippen molar-refractivity contribution in [2.45, 2.75) is 38.0 Å². The van der Waals surface area contributed by atoms with Crippen LogP contribution in [0.25, 0.3) is 21.1 Å². The average Bonchev–Trinajstić information content (AvgIpc) is 3.54. The van der Waals surface area contributed by atoms with Crippen LogP contribution in [0.3, 0.4) is 0 Å². The van der Waals surface area contributed by atoms with E-state index in [1.807, 2.05) is 30.3 Å². The molecule has 9 nitrogen and oxygen atoms in total. The number of nitrogens with one attached hydrogen (secondary N) is 2. The molecular weight excluding hydrogens is 466 g/mol. The number of hydrogen-bond acceptors (Lipinski definition) is 7. The third kappa shape index (κ3) is 4.24. The highest BCUT2D eigenvalue weighted by atomic mass is 32.1. The minimum atomic E-state index is -1.12. The van der Waals surface area contributed by atoms with E-state index in [-0.39, 0.29) is 18.5 Å². The zero-order valence-corrected chi connectivity index (χ0v) is 20.5. The fourth-order valence-electron chi connectivity index (χ4n) is 4.66. The van der Waals surface area contributed by atoms with Crippen LogP contribution in [0.1, 0.15) is 29.9 Å². The second-order valence-corrected chi connectivity index (χ2v) is 10.4. The number of benzene rings is 1. The molecule has 1 aliphatic heterocycles. The normalized spacial score (nSPS) is 18.4. The molecule has 2 atom stereocenters. The molecule has 35 heavy (non-hydrogen) atoms.